The van der Waals surface area contributed by atoms with Gasteiger partial charge in [-0.3, -0.25) is 14.4 Å². The van der Waals surface area contributed by atoms with Crippen LogP contribution in [0.15, 0.2) is 35.4 Å². The largest absolute Gasteiger partial charge is 0.481 e. The molecule has 0 radical (unpaired) electrons. The number of anilines is 1. The highest BCUT2D eigenvalue weighted by Crippen LogP contribution is 2.26. The molecular formula is C17H19N3O4. The second-order valence-electron chi connectivity index (χ2n) is 6.06. The van der Waals surface area contributed by atoms with Crippen molar-refractivity contribution in [2.24, 2.45) is 11.0 Å². The monoisotopic (exact) mass is 329 g/mol. The molecule has 0 saturated carbocycles. The Balaban J connectivity index is 1.82. The maximum Gasteiger partial charge on any atom is 0.308 e. The predicted molar refractivity (Wildman–Crippen MR) is 87.5 cm³/mol. The van der Waals surface area contributed by atoms with Crippen LogP contribution >= 0.6 is 0 Å². The van der Waals surface area contributed by atoms with Gasteiger partial charge in [0.25, 0.3) is 5.91 Å². The second-order valence-corrected chi connectivity index (χ2v) is 6.06. The van der Waals surface area contributed by atoms with Gasteiger partial charge in [0.1, 0.15) is 5.71 Å². The molecule has 0 spiro atoms. The maximum atomic E-state index is 12.7. The van der Waals surface area contributed by atoms with Gasteiger partial charge in [0.2, 0.25) is 5.91 Å². The molecule has 0 aliphatic carbocycles. The van der Waals surface area contributed by atoms with Gasteiger partial charge in [0, 0.05) is 25.4 Å². The predicted octanol–water partition coefficient (Wildman–Crippen LogP) is 1.49. The fourth-order valence-corrected chi connectivity index (χ4v) is 3.20. The Bertz CT molecular complexity index is 701. The number of nitrogens with zero attached hydrogens (tertiary/aromatic N) is 3. The second kappa shape index (κ2) is 6.43. The number of amides is 2. The third-order valence-corrected chi connectivity index (χ3v) is 4.61. The van der Waals surface area contributed by atoms with E-state index < -0.39 is 11.9 Å². The molecule has 1 N–H and O–H groups in total. The molecule has 7 heteroatoms. The third kappa shape index (κ3) is 2.89. The topological polar surface area (TPSA) is 90.3 Å². The SMILES string of the molecule is CC1C(C(=O)O)CCN1C(=O)C1=NN(c2ccccc2)C(=O)CC1. The summed E-state index contributed by atoms with van der Waals surface area (Å²) in [6.07, 6.45) is 0.933. The van der Waals surface area contributed by atoms with E-state index in [-0.39, 0.29) is 30.7 Å². The molecule has 0 aromatic heterocycles. The van der Waals surface area contributed by atoms with E-state index in [9.17, 15) is 19.5 Å². The highest BCUT2D eigenvalue weighted by atomic mass is 16.4. The molecule has 2 heterocycles. The Kier molecular flexibility index (Phi) is 4.33. The number of carboxylic acid groups (broad SMARTS) is 1. The van der Waals surface area contributed by atoms with Crippen molar-refractivity contribution in [2.75, 3.05) is 11.6 Å². The summed E-state index contributed by atoms with van der Waals surface area (Å²) < 4.78 is 0. The normalized spacial score (nSPS) is 24.0. The summed E-state index contributed by atoms with van der Waals surface area (Å²) in [5.41, 5.74) is 0.918. The standard InChI is InChI=1S/C17H19N3O4/c1-11-13(17(23)24)9-10-19(11)16(22)14-7-8-15(21)20(18-14)12-5-3-2-4-6-12/h2-6,11,13H,7-10H2,1H3,(H,23,24). The molecule has 3 rings (SSSR count). The molecule has 1 fully saturated rings. The van der Waals surface area contributed by atoms with Crippen LogP contribution in [0, 0.1) is 5.92 Å². The third-order valence-electron chi connectivity index (χ3n) is 4.61. The van der Waals surface area contributed by atoms with Crippen molar-refractivity contribution in [1.29, 1.82) is 0 Å². The number of hydrogen-bond acceptors (Lipinski definition) is 4. The average Bonchev–Trinajstić information content (AvgIpc) is 2.97. The molecule has 2 unspecified atom stereocenters. The summed E-state index contributed by atoms with van der Waals surface area (Å²) in [6.45, 7) is 2.14. The first kappa shape index (κ1) is 16.2. The summed E-state index contributed by atoms with van der Waals surface area (Å²) in [4.78, 5) is 37.6. The Labute approximate surface area is 139 Å². The quantitative estimate of drug-likeness (QED) is 0.909. The highest BCUT2D eigenvalue weighted by molar-refractivity contribution is 6.40. The van der Waals surface area contributed by atoms with Crippen molar-refractivity contribution < 1.29 is 19.5 Å². The molecule has 126 valence electrons. The first-order valence-electron chi connectivity index (χ1n) is 7.98. The molecule has 24 heavy (non-hydrogen) atoms. The van der Waals surface area contributed by atoms with Crippen molar-refractivity contribution in [3.05, 3.63) is 30.3 Å². The number of para-hydroxylation sites is 1. The molecule has 1 saturated heterocycles. The average molecular weight is 329 g/mol. The van der Waals surface area contributed by atoms with E-state index in [0.29, 0.717) is 24.4 Å². The van der Waals surface area contributed by atoms with Crippen LogP contribution in [0.1, 0.15) is 26.2 Å². The van der Waals surface area contributed by atoms with E-state index in [0.717, 1.165) is 0 Å². The van der Waals surface area contributed by atoms with Gasteiger partial charge in [0.15, 0.2) is 0 Å². The van der Waals surface area contributed by atoms with Crippen LogP contribution in [0.4, 0.5) is 5.69 Å². The van der Waals surface area contributed by atoms with Crippen molar-refractivity contribution >= 4 is 29.2 Å². The number of likely N-dealkylation sites (tertiary alicyclic amines) is 1. The molecule has 2 amide bonds. The first-order chi connectivity index (χ1) is 11.5. The molecule has 1 aromatic carbocycles. The number of carbonyl (C=O) groups excluding carboxylic acids is 2. The van der Waals surface area contributed by atoms with E-state index in [4.69, 9.17) is 0 Å². The highest BCUT2D eigenvalue weighted by Gasteiger charge is 2.40. The Morgan fingerprint density at radius 1 is 1.21 bits per heavy atom. The molecule has 2 atom stereocenters. The molecule has 2 aliphatic heterocycles. The fraction of sp³-hybridized carbons (Fsp3) is 0.412. The van der Waals surface area contributed by atoms with E-state index in [1.54, 1.807) is 36.1 Å². The van der Waals surface area contributed by atoms with Crippen LogP contribution in [0.3, 0.4) is 0 Å². The minimum absolute atomic E-state index is 0.157. The number of rotatable bonds is 3. The van der Waals surface area contributed by atoms with E-state index in [2.05, 4.69) is 5.10 Å². The van der Waals surface area contributed by atoms with E-state index in [1.807, 2.05) is 6.07 Å². The van der Waals surface area contributed by atoms with Gasteiger partial charge in [-0.2, -0.15) is 5.10 Å². The smallest absolute Gasteiger partial charge is 0.308 e. The Morgan fingerprint density at radius 2 is 1.92 bits per heavy atom. The van der Waals surface area contributed by atoms with Crippen molar-refractivity contribution in [3.63, 3.8) is 0 Å². The van der Waals surface area contributed by atoms with Crippen LogP contribution in [0.5, 0.6) is 0 Å². The number of aliphatic carboxylic acids is 1. The van der Waals surface area contributed by atoms with Crippen LogP contribution < -0.4 is 5.01 Å². The lowest BCUT2D eigenvalue weighted by Gasteiger charge is -2.27. The Hall–Kier alpha value is -2.70. The first-order valence-corrected chi connectivity index (χ1v) is 7.98. The summed E-state index contributed by atoms with van der Waals surface area (Å²) in [7, 11) is 0. The van der Waals surface area contributed by atoms with Gasteiger partial charge in [-0.05, 0) is 25.5 Å². The fourth-order valence-electron chi connectivity index (χ4n) is 3.20. The number of hydrogen-bond donors (Lipinski definition) is 1. The zero-order valence-electron chi connectivity index (χ0n) is 13.4. The van der Waals surface area contributed by atoms with Gasteiger partial charge in [-0.1, -0.05) is 18.2 Å². The molecule has 7 nitrogen and oxygen atoms in total. The van der Waals surface area contributed by atoms with Crippen LogP contribution in [-0.4, -0.2) is 46.1 Å². The molecule has 2 aliphatic rings. The summed E-state index contributed by atoms with van der Waals surface area (Å²) in [6, 6.07) is 8.58. The zero-order valence-corrected chi connectivity index (χ0v) is 13.4. The van der Waals surface area contributed by atoms with Gasteiger partial charge >= 0.3 is 5.97 Å². The van der Waals surface area contributed by atoms with Crippen molar-refractivity contribution in [1.82, 2.24) is 4.90 Å². The van der Waals surface area contributed by atoms with Crippen molar-refractivity contribution in [3.8, 4) is 0 Å². The summed E-state index contributed by atoms with van der Waals surface area (Å²) in [5, 5.41) is 14.7. The molecular weight excluding hydrogens is 310 g/mol. The van der Waals surface area contributed by atoms with Crippen LogP contribution in [0.25, 0.3) is 0 Å². The zero-order chi connectivity index (χ0) is 17.3. The van der Waals surface area contributed by atoms with Crippen molar-refractivity contribution in [2.45, 2.75) is 32.2 Å². The van der Waals surface area contributed by atoms with E-state index >= 15 is 0 Å². The van der Waals surface area contributed by atoms with Crippen LogP contribution in [-0.2, 0) is 14.4 Å². The van der Waals surface area contributed by atoms with Gasteiger partial charge in [0.05, 0.1) is 11.6 Å². The summed E-state index contributed by atoms with van der Waals surface area (Å²) in [5.74, 6) is -1.87. The lowest BCUT2D eigenvalue weighted by Crippen LogP contribution is -2.44. The minimum atomic E-state index is -0.885. The molecule has 0 bridgehead atoms. The number of hydrazone groups is 1. The lowest BCUT2D eigenvalue weighted by atomic mass is 10.0. The van der Waals surface area contributed by atoms with Gasteiger partial charge < -0.3 is 10.0 Å². The van der Waals surface area contributed by atoms with E-state index in [1.165, 1.54) is 5.01 Å². The van der Waals surface area contributed by atoms with Gasteiger partial charge in [-0.25, -0.2) is 5.01 Å². The lowest BCUT2D eigenvalue weighted by molar-refractivity contribution is -0.142. The van der Waals surface area contributed by atoms with Crippen LogP contribution in [0.2, 0.25) is 0 Å². The minimum Gasteiger partial charge on any atom is -0.481 e. The van der Waals surface area contributed by atoms with Gasteiger partial charge in [-0.15, -0.1) is 0 Å². The number of carboxylic acids is 1. The summed E-state index contributed by atoms with van der Waals surface area (Å²) >= 11 is 0. The molecule has 1 aromatic rings. The Morgan fingerprint density at radius 3 is 2.54 bits per heavy atom. The maximum absolute atomic E-state index is 12.7. The number of carbonyl (C=O) groups is 3. The number of benzene rings is 1.